The van der Waals surface area contributed by atoms with E-state index in [0.717, 1.165) is 21.5 Å². The Balaban J connectivity index is 1.97. The molecule has 3 rings (SSSR count). The van der Waals surface area contributed by atoms with Crippen LogP contribution < -0.4 is 10.1 Å². The van der Waals surface area contributed by atoms with Crippen molar-refractivity contribution in [3.8, 4) is 5.75 Å². The lowest BCUT2D eigenvalue weighted by Gasteiger charge is -2.33. The van der Waals surface area contributed by atoms with Crippen LogP contribution in [-0.4, -0.2) is 6.04 Å². The largest absolute Gasteiger partial charge is 0.480 e. The van der Waals surface area contributed by atoms with Gasteiger partial charge in [-0.2, -0.15) is 0 Å². The molecule has 0 amide bonds. The molecule has 1 aliphatic heterocycles. The minimum atomic E-state index is -0.0412. The molecule has 2 aromatic carbocycles. The highest BCUT2D eigenvalue weighted by Crippen LogP contribution is 2.41. The second-order valence-electron chi connectivity index (χ2n) is 4.64. The maximum Gasteiger partial charge on any atom is 0.162 e. The molecular weight excluding hydrogens is 326 g/mol. The van der Waals surface area contributed by atoms with Crippen molar-refractivity contribution in [2.75, 3.05) is 5.32 Å². The van der Waals surface area contributed by atoms with Gasteiger partial charge in [-0.25, -0.2) is 0 Å². The first-order valence-corrected chi connectivity index (χ1v) is 7.29. The summed E-state index contributed by atoms with van der Waals surface area (Å²) in [6.45, 7) is 2.11. The maximum atomic E-state index is 6.20. The number of halogens is 2. The fourth-order valence-electron chi connectivity index (χ4n) is 2.30. The zero-order valence-corrected chi connectivity index (χ0v) is 12.7. The van der Waals surface area contributed by atoms with Gasteiger partial charge in [-0.15, -0.1) is 0 Å². The number of para-hydroxylation sites is 1. The average molecular weight is 339 g/mol. The van der Waals surface area contributed by atoms with Gasteiger partial charge in [0, 0.05) is 4.47 Å². The number of hydrogen-bond acceptors (Lipinski definition) is 2. The predicted molar refractivity (Wildman–Crippen MR) is 82.0 cm³/mol. The summed E-state index contributed by atoms with van der Waals surface area (Å²) in [5.41, 5.74) is 2.09. The topological polar surface area (TPSA) is 21.3 Å². The number of fused-ring (bicyclic) bond motifs is 1. The predicted octanol–water partition coefficient (Wildman–Crippen LogP) is 5.04. The van der Waals surface area contributed by atoms with Crippen LogP contribution in [0.4, 0.5) is 5.69 Å². The molecule has 2 aromatic rings. The van der Waals surface area contributed by atoms with Crippen LogP contribution in [0, 0.1) is 0 Å². The first-order chi connectivity index (χ1) is 9.15. The Morgan fingerprint density at radius 1 is 1.16 bits per heavy atom. The van der Waals surface area contributed by atoms with Gasteiger partial charge < -0.3 is 10.1 Å². The van der Waals surface area contributed by atoms with Crippen molar-refractivity contribution in [2.24, 2.45) is 0 Å². The number of ether oxygens (including phenoxy) is 1. The number of hydrogen-bond donors (Lipinski definition) is 1. The van der Waals surface area contributed by atoms with Gasteiger partial charge in [0.2, 0.25) is 0 Å². The van der Waals surface area contributed by atoms with Crippen molar-refractivity contribution in [1.82, 2.24) is 0 Å². The Bertz CT molecular complexity index is 600. The fourth-order valence-corrected chi connectivity index (χ4v) is 2.78. The minimum absolute atomic E-state index is 0.0412. The maximum absolute atomic E-state index is 6.20. The van der Waals surface area contributed by atoms with Crippen molar-refractivity contribution in [3.63, 3.8) is 0 Å². The molecule has 0 aliphatic carbocycles. The molecule has 2 nitrogen and oxygen atoms in total. The monoisotopic (exact) mass is 337 g/mol. The molecule has 0 saturated carbocycles. The lowest BCUT2D eigenvalue weighted by molar-refractivity contribution is 0.178. The zero-order chi connectivity index (χ0) is 13.4. The second-order valence-corrected chi connectivity index (χ2v) is 5.96. The molecule has 0 saturated heterocycles. The zero-order valence-electron chi connectivity index (χ0n) is 10.4. The van der Waals surface area contributed by atoms with Gasteiger partial charge in [0.1, 0.15) is 6.10 Å². The van der Waals surface area contributed by atoms with Crippen molar-refractivity contribution in [3.05, 3.63) is 57.5 Å². The van der Waals surface area contributed by atoms with E-state index in [2.05, 4.69) is 40.3 Å². The van der Waals surface area contributed by atoms with E-state index in [1.807, 2.05) is 30.3 Å². The Labute approximate surface area is 125 Å². The Morgan fingerprint density at radius 3 is 2.63 bits per heavy atom. The van der Waals surface area contributed by atoms with E-state index in [1.54, 1.807) is 0 Å². The molecule has 98 valence electrons. The summed E-state index contributed by atoms with van der Waals surface area (Å²) in [5.74, 6) is 0.732. The summed E-state index contributed by atoms with van der Waals surface area (Å²) in [6, 6.07) is 14.1. The summed E-state index contributed by atoms with van der Waals surface area (Å²) >= 11 is 9.64. The smallest absolute Gasteiger partial charge is 0.162 e. The first kappa shape index (κ1) is 12.8. The van der Waals surface area contributed by atoms with Crippen LogP contribution >= 0.6 is 27.5 Å². The van der Waals surface area contributed by atoms with E-state index in [0.29, 0.717) is 5.02 Å². The molecule has 0 bridgehead atoms. The minimum Gasteiger partial charge on any atom is -0.480 e. The lowest BCUT2D eigenvalue weighted by Crippen LogP contribution is -2.32. The molecule has 0 spiro atoms. The Kier molecular flexibility index (Phi) is 3.42. The van der Waals surface area contributed by atoms with E-state index < -0.39 is 0 Å². The Morgan fingerprint density at radius 2 is 1.89 bits per heavy atom. The van der Waals surface area contributed by atoms with Gasteiger partial charge in [0.15, 0.2) is 5.75 Å². The van der Waals surface area contributed by atoms with Crippen LogP contribution in [0.5, 0.6) is 5.75 Å². The van der Waals surface area contributed by atoms with Crippen molar-refractivity contribution >= 4 is 33.2 Å². The van der Waals surface area contributed by atoms with Gasteiger partial charge in [-0.05, 0) is 36.8 Å². The summed E-state index contributed by atoms with van der Waals surface area (Å²) < 4.78 is 7.15. The summed E-state index contributed by atoms with van der Waals surface area (Å²) in [5, 5.41) is 4.08. The normalized spacial score (nSPS) is 21.2. The number of rotatable bonds is 1. The van der Waals surface area contributed by atoms with Gasteiger partial charge in [0.05, 0.1) is 16.8 Å². The molecule has 2 unspecified atom stereocenters. The van der Waals surface area contributed by atoms with E-state index in [1.165, 1.54) is 0 Å². The van der Waals surface area contributed by atoms with E-state index in [9.17, 15) is 0 Å². The van der Waals surface area contributed by atoms with Crippen LogP contribution in [0.3, 0.4) is 0 Å². The van der Waals surface area contributed by atoms with Crippen LogP contribution in [0.25, 0.3) is 0 Å². The molecule has 0 radical (unpaired) electrons. The van der Waals surface area contributed by atoms with Crippen LogP contribution in [-0.2, 0) is 0 Å². The molecule has 1 N–H and O–H groups in total. The standard InChI is InChI=1S/C15H13BrClNO/c1-9-14(10-5-7-11(16)8-6-10)19-15-12(17)3-2-4-13(15)18-9/h2-9,14,18H,1H3. The van der Waals surface area contributed by atoms with Gasteiger partial charge >= 0.3 is 0 Å². The molecule has 2 atom stereocenters. The SMILES string of the molecule is CC1Nc2cccc(Cl)c2OC1c1ccc(Br)cc1. The summed E-state index contributed by atoms with van der Waals surface area (Å²) in [7, 11) is 0. The van der Waals surface area contributed by atoms with Crippen LogP contribution in [0.15, 0.2) is 46.9 Å². The molecule has 19 heavy (non-hydrogen) atoms. The quantitative estimate of drug-likeness (QED) is 0.787. The molecule has 4 heteroatoms. The van der Waals surface area contributed by atoms with Gasteiger partial charge in [-0.3, -0.25) is 0 Å². The third-order valence-electron chi connectivity index (χ3n) is 3.25. The second kappa shape index (κ2) is 5.06. The number of nitrogens with one attached hydrogen (secondary N) is 1. The van der Waals surface area contributed by atoms with E-state index in [-0.39, 0.29) is 12.1 Å². The number of anilines is 1. The third-order valence-corrected chi connectivity index (χ3v) is 4.07. The van der Waals surface area contributed by atoms with Crippen LogP contribution in [0.1, 0.15) is 18.6 Å². The van der Waals surface area contributed by atoms with Crippen molar-refractivity contribution < 1.29 is 4.74 Å². The summed E-state index contributed by atoms with van der Waals surface area (Å²) in [4.78, 5) is 0. The van der Waals surface area contributed by atoms with Gasteiger partial charge in [0.25, 0.3) is 0 Å². The summed E-state index contributed by atoms with van der Waals surface area (Å²) in [6.07, 6.45) is -0.0412. The van der Waals surface area contributed by atoms with Crippen LogP contribution in [0.2, 0.25) is 5.02 Å². The fraction of sp³-hybridized carbons (Fsp3) is 0.200. The number of benzene rings is 2. The van der Waals surface area contributed by atoms with E-state index >= 15 is 0 Å². The average Bonchev–Trinajstić information content (AvgIpc) is 2.40. The van der Waals surface area contributed by atoms with E-state index in [4.69, 9.17) is 16.3 Å². The molecule has 0 fully saturated rings. The molecule has 1 heterocycles. The first-order valence-electron chi connectivity index (χ1n) is 6.12. The Hall–Kier alpha value is -1.19. The molecular formula is C15H13BrClNO. The highest BCUT2D eigenvalue weighted by atomic mass is 79.9. The highest BCUT2D eigenvalue weighted by molar-refractivity contribution is 9.10. The molecule has 1 aliphatic rings. The van der Waals surface area contributed by atoms with Crippen molar-refractivity contribution in [2.45, 2.75) is 19.1 Å². The van der Waals surface area contributed by atoms with Gasteiger partial charge in [-0.1, -0.05) is 45.7 Å². The third kappa shape index (κ3) is 2.45. The highest BCUT2D eigenvalue weighted by Gasteiger charge is 2.28. The molecule has 0 aromatic heterocycles. The lowest BCUT2D eigenvalue weighted by atomic mass is 10.0. The van der Waals surface area contributed by atoms with Crippen molar-refractivity contribution in [1.29, 1.82) is 0 Å².